The van der Waals surface area contributed by atoms with Crippen LogP contribution in [0.2, 0.25) is 0 Å². The molecule has 1 unspecified atom stereocenters. The van der Waals surface area contributed by atoms with Crippen molar-refractivity contribution in [3.8, 4) is 6.19 Å². The van der Waals surface area contributed by atoms with Crippen molar-refractivity contribution < 1.29 is 19.5 Å². The molecule has 140 valence electrons. The Morgan fingerprint density at radius 2 is 1.86 bits per heavy atom. The molecule has 0 saturated carbocycles. The maximum absolute atomic E-state index is 12.7. The van der Waals surface area contributed by atoms with Gasteiger partial charge >= 0.3 is 5.97 Å². The third kappa shape index (κ3) is 4.19. The normalized spacial score (nSPS) is 16.8. The Bertz CT molecular complexity index is 983. The Balaban J connectivity index is 1.79. The molecule has 2 aromatic rings. The second kappa shape index (κ2) is 8.37. The molecule has 1 aliphatic rings. The molecule has 1 fully saturated rings. The van der Waals surface area contributed by atoms with Crippen LogP contribution < -0.4 is 10.2 Å². The van der Waals surface area contributed by atoms with Gasteiger partial charge < -0.3 is 5.11 Å². The number of benzene rings is 2. The van der Waals surface area contributed by atoms with Gasteiger partial charge in [-0.2, -0.15) is 5.26 Å². The van der Waals surface area contributed by atoms with Crippen LogP contribution >= 0.6 is 11.8 Å². The number of nitrogens with zero attached hydrogens (tertiary/aromatic N) is 3. The maximum Gasteiger partial charge on any atom is 0.335 e. The van der Waals surface area contributed by atoms with E-state index >= 15 is 0 Å². The number of nitrogens with one attached hydrogen (secondary N) is 1. The summed E-state index contributed by atoms with van der Waals surface area (Å²) in [6.07, 6.45) is 1.73. The van der Waals surface area contributed by atoms with Crippen molar-refractivity contribution in [3.05, 3.63) is 60.2 Å². The number of para-hydroxylation sites is 1. The van der Waals surface area contributed by atoms with Crippen molar-refractivity contribution in [3.63, 3.8) is 0 Å². The van der Waals surface area contributed by atoms with Crippen LogP contribution in [0.15, 0.2) is 59.6 Å². The second-order valence-corrected chi connectivity index (χ2v) is 6.91. The molecule has 1 saturated heterocycles. The molecule has 0 spiro atoms. The van der Waals surface area contributed by atoms with Crippen molar-refractivity contribution >= 4 is 46.1 Å². The van der Waals surface area contributed by atoms with Gasteiger partial charge in [0.15, 0.2) is 11.4 Å². The van der Waals surface area contributed by atoms with Crippen LogP contribution in [0.3, 0.4) is 0 Å². The molecule has 2 N–H and O–H groups in total. The number of rotatable bonds is 4. The lowest BCUT2D eigenvalue weighted by atomic mass is 10.2. The van der Waals surface area contributed by atoms with Crippen LogP contribution in [0, 0.1) is 11.5 Å². The number of amidine groups is 1. The van der Waals surface area contributed by atoms with Gasteiger partial charge in [0.25, 0.3) is 0 Å². The summed E-state index contributed by atoms with van der Waals surface area (Å²) in [5.74, 6) is -1.94. The summed E-state index contributed by atoms with van der Waals surface area (Å²) in [7, 11) is 0. The number of anilines is 1. The van der Waals surface area contributed by atoms with Gasteiger partial charge in [-0.05, 0) is 36.4 Å². The number of carbonyl (C=O) groups excluding carboxylic acids is 2. The molecular weight excluding hydrogens is 380 g/mol. The van der Waals surface area contributed by atoms with Crippen LogP contribution in [-0.2, 0) is 9.59 Å². The molecule has 8 nitrogen and oxygen atoms in total. The smallest absolute Gasteiger partial charge is 0.335 e. The summed E-state index contributed by atoms with van der Waals surface area (Å²) in [6, 6.07) is 14.4. The first-order chi connectivity index (χ1) is 13.5. The quantitative estimate of drug-likeness (QED) is 0.268. The number of carbonyl (C=O) groups is 3. The number of amides is 2. The molecule has 9 heteroatoms. The van der Waals surface area contributed by atoms with E-state index in [1.54, 1.807) is 30.5 Å². The van der Waals surface area contributed by atoms with Gasteiger partial charge in [-0.1, -0.05) is 30.0 Å². The van der Waals surface area contributed by atoms with E-state index in [1.165, 1.54) is 24.3 Å². The highest BCUT2D eigenvalue weighted by molar-refractivity contribution is 8.15. The Kier molecular flexibility index (Phi) is 5.72. The molecule has 0 bridgehead atoms. The van der Waals surface area contributed by atoms with E-state index in [4.69, 9.17) is 10.4 Å². The van der Waals surface area contributed by atoms with Crippen molar-refractivity contribution in [2.75, 3.05) is 4.90 Å². The summed E-state index contributed by atoms with van der Waals surface area (Å²) >= 11 is 1.00. The van der Waals surface area contributed by atoms with E-state index in [9.17, 15) is 14.4 Å². The number of hydrogen-bond donors (Lipinski definition) is 2. The topological polar surface area (TPSA) is 123 Å². The Morgan fingerprint density at radius 1 is 1.18 bits per heavy atom. The molecule has 1 aliphatic heterocycles. The van der Waals surface area contributed by atoms with E-state index in [1.807, 2.05) is 6.07 Å². The molecule has 28 heavy (non-hydrogen) atoms. The number of aromatic carboxylic acids is 1. The molecule has 3 rings (SSSR count). The summed E-state index contributed by atoms with van der Waals surface area (Å²) < 4.78 is 0. The Labute approximate surface area is 164 Å². The fourth-order valence-electron chi connectivity index (χ4n) is 2.61. The number of carboxylic acid groups (broad SMARTS) is 1. The van der Waals surface area contributed by atoms with E-state index in [0.29, 0.717) is 11.4 Å². The highest BCUT2D eigenvalue weighted by Gasteiger charge is 2.40. The predicted octanol–water partition coefficient (Wildman–Crippen LogP) is 2.51. The zero-order chi connectivity index (χ0) is 20.1. The first-order valence-electron chi connectivity index (χ1n) is 8.15. The zero-order valence-electron chi connectivity index (χ0n) is 14.4. The minimum absolute atomic E-state index is 0.0505. The number of aliphatic imine (C=N–C) groups is 1. The predicted molar refractivity (Wildman–Crippen MR) is 104 cm³/mol. The lowest BCUT2D eigenvalue weighted by Crippen LogP contribution is -2.32. The van der Waals surface area contributed by atoms with Crippen molar-refractivity contribution in [1.29, 1.82) is 5.26 Å². The van der Waals surface area contributed by atoms with Gasteiger partial charge in [-0.15, -0.1) is 0 Å². The molecule has 0 radical (unpaired) electrons. The number of nitriles is 1. The first kappa shape index (κ1) is 19.1. The van der Waals surface area contributed by atoms with Crippen LogP contribution in [0.25, 0.3) is 0 Å². The van der Waals surface area contributed by atoms with Gasteiger partial charge in [0.1, 0.15) is 5.25 Å². The van der Waals surface area contributed by atoms with E-state index in [2.05, 4.69) is 10.3 Å². The van der Waals surface area contributed by atoms with Gasteiger partial charge in [0, 0.05) is 6.42 Å². The molecular formula is C19H14N4O4S. The van der Waals surface area contributed by atoms with Gasteiger partial charge in [-0.3, -0.25) is 14.9 Å². The standard InChI is InChI=1S/C19H14N4O4S/c20-11-21-19(22-13-4-2-1-3-5-13)28-15-10-16(24)23(17(15)25)14-8-6-12(7-9-14)18(26)27/h1-9,15H,10H2,(H,21,22)(H,26,27). The van der Waals surface area contributed by atoms with Crippen LogP contribution in [0.5, 0.6) is 0 Å². The highest BCUT2D eigenvalue weighted by Crippen LogP contribution is 2.31. The lowest BCUT2D eigenvalue weighted by molar-refractivity contribution is -0.121. The zero-order valence-corrected chi connectivity index (χ0v) is 15.2. The van der Waals surface area contributed by atoms with Crippen molar-refractivity contribution in [2.24, 2.45) is 4.99 Å². The van der Waals surface area contributed by atoms with Crippen LogP contribution in [0.1, 0.15) is 16.8 Å². The van der Waals surface area contributed by atoms with E-state index in [0.717, 1.165) is 16.7 Å². The summed E-state index contributed by atoms with van der Waals surface area (Å²) in [6.45, 7) is 0. The number of hydrogen-bond acceptors (Lipinski definition) is 6. The van der Waals surface area contributed by atoms with Crippen molar-refractivity contribution in [1.82, 2.24) is 5.32 Å². The van der Waals surface area contributed by atoms with Gasteiger partial charge in [0.2, 0.25) is 11.8 Å². The van der Waals surface area contributed by atoms with Gasteiger partial charge in [0.05, 0.1) is 16.9 Å². The number of thioether (sulfide) groups is 1. The second-order valence-electron chi connectivity index (χ2n) is 5.72. The lowest BCUT2D eigenvalue weighted by Gasteiger charge is -2.15. The van der Waals surface area contributed by atoms with E-state index < -0.39 is 23.0 Å². The van der Waals surface area contributed by atoms with Crippen molar-refractivity contribution in [2.45, 2.75) is 11.7 Å². The summed E-state index contributed by atoms with van der Waals surface area (Å²) in [4.78, 5) is 41.4. The fraction of sp³-hybridized carbons (Fsp3) is 0.105. The molecule has 1 atom stereocenters. The monoisotopic (exact) mass is 394 g/mol. The first-order valence-corrected chi connectivity index (χ1v) is 9.03. The van der Waals surface area contributed by atoms with E-state index in [-0.39, 0.29) is 17.2 Å². The van der Waals surface area contributed by atoms with Crippen LogP contribution in [0.4, 0.5) is 11.4 Å². The SMILES string of the molecule is N#CNC(=Nc1ccccc1)SC1CC(=O)N(c2ccc(C(=O)O)cc2)C1=O. The van der Waals surface area contributed by atoms with Gasteiger partial charge in [-0.25, -0.2) is 14.7 Å². The molecule has 1 heterocycles. The molecule has 2 aromatic carbocycles. The highest BCUT2D eigenvalue weighted by atomic mass is 32.2. The average molecular weight is 394 g/mol. The average Bonchev–Trinajstić information content (AvgIpc) is 2.96. The Hall–Kier alpha value is -3.64. The third-order valence-corrected chi connectivity index (χ3v) is 4.95. The van der Waals surface area contributed by atoms with Crippen LogP contribution in [-0.4, -0.2) is 33.3 Å². The maximum atomic E-state index is 12.7. The fourth-order valence-corrected chi connectivity index (χ4v) is 3.57. The third-order valence-electron chi connectivity index (χ3n) is 3.88. The number of carboxylic acids is 1. The summed E-state index contributed by atoms with van der Waals surface area (Å²) in [5.41, 5.74) is 0.966. The molecule has 0 aromatic heterocycles. The molecule has 2 amide bonds. The minimum atomic E-state index is -1.09. The number of imide groups is 1. The molecule has 0 aliphatic carbocycles. The largest absolute Gasteiger partial charge is 0.478 e. The Morgan fingerprint density at radius 3 is 2.46 bits per heavy atom. The summed E-state index contributed by atoms with van der Waals surface area (Å²) in [5, 5.41) is 19.8. The minimum Gasteiger partial charge on any atom is -0.478 e.